The summed E-state index contributed by atoms with van der Waals surface area (Å²) >= 11 is 5.84. The summed E-state index contributed by atoms with van der Waals surface area (Å²) in [6, 6.07) is 15.5. The fourth-order valence-corrected chi connectivity index (χ4v) is 3.24. The van der Waals surface area contributed by atoms with Gasteiger partial charge in [-0.3, -0.25) is 10.1 Å². The highest BCUT2D eigenvalue weighted by Crippen LogP contribution is 2.32. The molecule has 0 fully saturated rings. The lowest BCUT2D eigenvalue weighted by Gasteiger charge is -2.08. The molecule has 144 valence electrons. The van der Waals surface area contributed by atoms with Crippen molar-refractivity contribution in [3.63, 3.8) is 0 Å². The molecule has 7 nitrogen and oxygen atoms in total. The first kappa shape index (κ1) is 18.6. The van der Waals surface area contributed by atoms with E-state index in [1.165, 1.54) is 18.2 Å². The van der Waals surface area contributed by atoms with E-state index in [-0.39, 0.29) is 27.9 Å². The van der Waals surface area contributed by atoms with E-state index in [9.17, 15) is 14.9 Å². The third-order valence-electron chi connectivity index (χ3n) is 4.44. The second kappa shape index (κ2) is 7.37. The lowest BCUT2D eigenvalue weighted by Crippen LogP contribution is -2.06. The van der Waals surface area contributed by atoms with E-state index in [0.29, 0.717) is 11.3 Å². The van der Waals surface area contributed by atoms with Gasteiger partial charge >= 0.3 is 5.97 Å². The van der Waals surface area contributed by atoms with Crippen LogP contribution in [0.25, 0.3) is 16.8 Å². The number of rotatable bonds is 4. The smallest absolute Gasteiger partial charge is 0.363 e. The van der Waals surface area contributed by atoms with Crippen molar-refractivity contribution in [2.75, 3.05) is 7.11 Å². The van der Waals surface area contributed by atoms with Crippen molar-refractivity contribution in [3.05, 3.63) is 86.6 Å². The molecule has 0 saturated heterocycles. The normalized spacial score (nSPS) is 14.8. The number of ether oxygens (including phenoxy) is 2. The van der Waals surface area contributed by atoms with Gasteiger partial charge in [0.05, 0.1) is 12.0 Å². The standard InChI is InChI=1S/C21H13ClN2O5/c1-28-19-9-7-12-4-2-3-5-14(12)15(19)11-17-21(25)29-20(23-17)13-6-8-16(22)18(10-13)24(26)27/h2-11H,1H3. The molecule has 3 aromatic carbocycles. The largest absolute Gasteiger partial charge is 0.496 e. The molecule has 0 unspecified atom stereocenters. The summed E-state index contributed by atoms with van der Waals surface area (Å²) in [5.41, 5.74) is 0.732. The number of nitrogens with zero attached hydrogens (tertiary/aromatic N) is 2. The number of cyclic esters (lactones) is 1. The number of esters is 1. The first-order valence-electron chi connectivity index (χ1n) is 8.50. The highest BCUT2D eigenvalue weighted by Gasteiger charge is 2.26. The van der Waals surface area contributed by atoms with Crippen molar-refractivity contribution in [3.8, 4) is 5.75 Å². The third-order valence-corrected chi connectivity index (χ3v) is 4.76. The van der Waals surface area contributed by atoms with Gasteiger partial charge in [-0.05, 0) is 35.0 Å². The van der Waals surface area contributed by atoms with Crippen LogP contribution in [0.15, 0.2) is 65.3 Å². The minimum atomic E-state index is -0.660. The van der Waals surface area contributed by atoms with Crippen LogP contribution in [0.5, 0.6) is 5.75 Å². The molecular formula is C21H13ClN2O5. The molecule has 29 heavy (non-hydrogen) atoms. The molecule has 0 radical (unpaired) electrons. The van der Waals surface area contributed by atoms with E-state index >= 15 is 0 Å². The molecule has 0 aromatic heterocycles. The van der Waals surface area contributed by atoms with Crippen LogP contribution >= 0.6 is 11.6 Å². The van der Waals surface area contributed by atoms with Crippen LogP contribution in [0, 0.1) is 10.1 Å². The minimum absolute atomic E-state index is 0.0140. The van der Waals surface area contributed by atoms with Gasteiger partial charge in [0.1, 0.15) is 10.8 Å². The summed E-state index contributed by atoms with van der Waals surface area (Å²) < 4.78 is 10.7. The average Bonchev–Trinajstić information content (AvgIpc) is 3.08. The lowest BCUT2D eigenvalue weighted by molar-refractivity contribution is -0.384. The fraction of sp³-hybridized carbons (Fsp3) is 0.0476. The molecule has 0 saturated carbocycles. The highest BCUT2D eigenvalue weighted by atomic mass is 35.5. The molecule has 0 atom stereocenters. The zero-order chi connectivity index (χ0) is 20.5. The molecule has 0 amide bonds. The Morgan fingerprint density at radius 1 is 1.17 bits per heavy atom. The van der Waals surface area contributed by atoms with Crippen LogP contribution in [0.1, 0.15) is 11.1 Å². The number of carbonyl (C=O) groups excluding carboxylic acids is 1. The van der Waals surface area contributed by atoms with E-state index in [1.54, 1.807) is 13.2 Å². The average molecular weight is 409 g/mol. The topological polar surface area (TPSA) is 91.0 Å². The number of nitro benzene ring substituents is 1. The van der Waals surface area contributed by atoms with E-state index in [1.807, 2.05) is 36.4 Å². The number of aliphatic imine (C=N–C) groups is 1. The number of halogens is 1. The Kier molecular flexibility index (Phi) is 4.74. The van der Waals surface area contributed by atoms with Gasteiger partial charge in [0.25, 0.3) is 5.69 Å². The highest BCUT2D eigenvalue weighted by molar-refractivity contribution is 6.32. The Labute approximate surface area is 170 Å². The van der Waals surface area contributed by atoms with Gasteiger partial charge in [0.15, 0.2) is 5.70 Å². The molecule has 0 bridgehead atoms. The number of carbonyl (C=O) groups is 1. The van der Waals surface area contributed by atoms with E-state index in [2.05, 4.69) is 4.99 Å². The van der Waals surface area contributed by atoms with Gasteiger partial charge in [-0.1, -0.05) is 41.9 Å². The number of hydrogen-bond acceptors (Lipinski definition) is 6. The van der Waals surface area contributed by atoms with Crippen molar-refractivity contribution in [1.82, 2.24) is 0 Å². The molecule has 0 N–H and O–H groups in total. The third kappa shape index (κ3) is 3.43. The van der Waals surface area contributed by atoms with Gasteiger partial charge in [0.2, 0.25) is 5.90 Å². The lowest BCUT2D eigenvalue weighted by atomic mass is 10.0. The maximum Gasteiger partial charge on any atom is 0.363 e. The van der Waals surface area contributed by atoms with Crippen LogP contribution < -0.4 is 4.74 Å². The van der Waals surface area contributed by atoms with E-state index in [0.717, 1.165) is 10.8 Å². The monoisotopic (exact) mass is 408 g/mol. The van der Waals surface area contributed by atoms with Crippen LogP contribution in [0.2, 0.25) is 5.02 Å². The second-order valence-electron chi connectivity index (χ2n) is 6.16. The zero-order valence-corrected chi connectivity index (χ0v) is 15.8. The number of nitro groups is 1. The van der Waals surface area contributed by atoms with Gasteiger partial charge in [0, 0.05) is 17.2 Å². The van der Waals surface area contributed by atoms with Crippen LogP contribution in [-0.2, 0) is 9.53 Å². The van der Waals surface area contributed by atoms with Crippen molar-refractivity contribution in [1.29, 1.82) is 0 Å². The van der Waals surface area contributed by atoms with Crippen LogP contribution in [-0.4, -0.2) is 23.9 Å². The Morgan fingerprint density at radius 3 is 2.72 bits per heavy atom. The van der Waals surface area contributed by atoms with Crippen molar-refractivity contribution < 1.29 is 19.2 Å². The summed E-state index contributed by atoms with van der Waals surface area (Å²) in [7, 11) is 1.54. The minimum Gasteiger partial charge on any atom is -0.496 e. The molecule has 1 aliphatic rings. The molecule has 8 heteroatoms. The SMILES string of the molecule is COc1ccc2ccccc2c1C=C1N=C(c2ccc(Cl)c([N+](=O)[O-])c2)OC1=O. The van der Waals surface area contributed by atoms with Crippen LogP contribution in [0.4, 0.5) is 5.69 Å². The molecular weight excluding hydrogens is 396 g/mol. The number of hydrogen-bond donors (Lipinski definition) is 0. The predicted octanol–water partition coefficient (Wildman–Crippen LogP) is 4.75. The fourth-order valence-electron chi connectivity index (χ4n) is 3.06. The molecule has 4 rings (SSSR count). The van der Waals surface area contributed by atoms with E-state index < -0.39 is 10.9 Å². The van der Waals surface area contributed by atoms with Crippen LogP contribution in [0.3, 0.4) is 0 Å². The van der Waals surface area contributed by atoms with Crippen molar-refractivity contribution in [2.45, 2.75) is 0 Å². The molecule has 0 spiro atoms. The summed E-state index contributed by atoms with van der Waals surface area (Å²) in [6.45, 7) is 0. The Morgan fingerprint density at radius 2 is 1.97 bits per heavy atom. The summed E-state index contributed by atoms with van der Waals surface area (Å²) in [5, 5.41) is 13.0. The van der Waals surface area contributed by atoms with Gasteiger partial charge in [-0.2, -0.15) is 0 Å². The maximum atomic E-state index is 12.4. The Hall–Kier alpha value is -3.71. The predicted molar refractivity (Wildman–Crippen MR) is 109 cm³/mol. The van der Waals surface area contributed by atoms with Gasteiger partial charge in [-0.15, -0.1) is 0 Å². The summed E-state index contributed by atoms with van der Waals surface area (Å²) in [6.07, 6.45) is 1.58. The van der Waals surface area contributed by atoms with Crippen molar-refractivity contribution >= 4 is 46.0 Å². The first-order valence-corrected chi connectivity index (χ1v) is 8.88. The Bertz CT molecular complexity index is 1230. The molecule has 0 aliphatic carbocycles. The zero-order valence-electron chi connectivity index (χ0n) is 15.1. The molecule has 1 aliphatic heterocycles. The summed E-state index contributed by atoms with van der Waals surface area (Å²) in [4.78, 5) is 27.1. The van der Waals surface area contributed by atoms with Gasteiger partial charge < -0.3 is 9.47 Å². The quantitative estimate of drug-likeness (QED) is 0.269. The molecule has 1 heterocycles. The number of methoxy groups -OCH3 is 1. The van der Waals surface area contributed by atoms with Gasteiger partial charge in [-0.25, -0.2) is 9.79 Å². The Balaban J connectivity index is 1.81. The first-order chi connectivity index (χ1) is 14.0. The number of benzene rings is 3. The second-order valence-corrected chi connectivity index (χ2v) is 6.57. The maximum absolute atomic E-state index is 12.4. The summed E-state index contributed by atoms with van der Waals surface area (Å²) in [5.74, 6) is -0.109. The van der Waals surface area contributed by atoms with E-state index in [4.69, 9.17) is 21.1 Å². The van der Waals surface area contributed by atoms with Crippen molar-refractivity contribution in [2.24, 2.45) is 4.99 Å². The molecule has 3 aromatic rings. The number of fused-ring (bicyclic) bond motifs is 1.